The second kappa shape index (κ2) is 6.87. The Morgan fingerprint density at radius 1 is 1.46 bits per heavy atom. The van der Waals surface area contributed by atoms with E-state index in [-0.39, 0.29) is 62.0 Å². The summed E-state index contributed by atoms with van der Waals surface area (Å²) in [5, 5.41) is 9.81. The van der Waals surface area contributed by atoms with Crippen LogP contribution in [0.1, 0.15) is 2.85 Å². The quantitative estimate of drug-likeness (QED) is 0.435. The summed E-state index contributed by atoms with van der Waals surface area (Å²) < 4.78 is 0.730. The van der Waals surface area contributed by atoms with E-state index in [1.54, 1.807) is 11.3 Å². The van der Waals surface area contributed by atoms with Crippen LogP contribution in [-0.2, 0) is 0 Å². The summed E-state index contributed by atoms with van der Waals surface area (Å²) in [6, 6.07) is 4.04. The third kappa shape index (κ3) is 3.85. The first-order chi connectivity index (χ1) is 5.36. The van der Waals surface area contributed by atoms with E-state index in [0.29, 0.717) is 0 Å². The Morgan fingerprint density at radius 2 is 2.23 bits per heavy atom. The van der Waals surface area contributed by atoms with E-state index in [4.69, 9.17) is 12.2 Å². The fraction of sp³-hybridized carbons (Fsp3) is 0. The van der Waals surface area contributed by atoms with Crippen molar-refractivity contribution in [2.24, 2.45) is 0 Å². The maximum Gasteiger partial charge on any atom is 1.00 e. The fourth-order valence-corrected chi connectivity index (χ4v) is 2.42. The Bertz CT molecular complexity index is 400. The molecule has 2 aromatic heterocycles. The van der Waals surface area contributed by atoms with E-state index in [0.717, 1.165) is 8.96 Å². The van der Waals surface area contributed by atoms with Gasteiger partial charge in [-0.1, -0.05) is 17.4 Å². The van der Waals surface area contributed by atoms with Crippen LogP contribution in [-0.4, -0.2) is 10.2 Å². The number of nitrogens with one attached hydrogen (secondary N) is 1. The molecule has 0 spiro atoms. The number of hydrogen-bond acceptors (Lipinski definition) is 4. The van der Waals surface area contributed by atoms with Crippen molar-refractivity contribution in [2.45, 2.75) is 0 Å². The van der Waals surface area contributed by atoms with Crippen molar-refractivity contribution in [3.63, 3.8) is 0 Å². The van der Waals surface area contributed by atoms with Crippen LogP contribution in [0.25, 0.3) is 9.88 Å². The van der Waals surface area contributed by atoms with Gasteiger partial charge in [0.1, 0.15) is 0 Å². The molecule has 7 heteroatoms. The molecule has 0 bridgehead atoms. The molecule has 0 amide bonds. The summed E-state index contributed by atoms with van der Waals surface area (Å²) >= 11 is 8.09. The zero-order chi connectivity index (χ0) is 7.68. The van der Waals surface area contributed by atoms with Gasteiger partial charge in [0.15, 0.2) is 8.96 Å². The Labute approximate surface area is 136 Å². The van der Waals surface area contributed by atoms with Crippen LogP contribution in [0.15, 0.2) is 17.5 Å². The van der Waals surface area contributed by atoms with Crippen molar-refractivity contribution in [1.82, 2.24) is 10.2 Å². The van der Waals surface area contributed by atoms with Gasteiger partial charge in [-0.3, -0.25) is 5.10 Å². The summed E-state index contributed by atoms with van der Waals surface area (Å²) in [7, 11) is 0. The predicted molar refractivity (Wildman–Crippen MR) is 52.8 cm³/mol. The van der Waals surface area contributed by atoms with Crippen molar-refractivity contribution < 1.29 is 62.0 Å². The van der Waals surface area contributed by atoms with Crippen molar-refractivity contribution >= 4 is 34.9 Å². The molecule has 2 heterocycles. The molecule has 13 heavy (non-hydrogen) atoms. The maximum absolute atomic E-state index is 4.91. The smallest absolute Gasteiger partial charge is 1.00 e. The molecule has 2 nitrogen and oxygen atoms in total. The normalized spacial score (nSPS) is 8.62. The molecule has 0 fully saturated rings. The molecule has 0 saturated heterocycles. The van der Waals surface area contributed by atoms with E-state index in [1.165, 1.54) is 16.2 Å². The van der Waals surface area contributed by atoms with Crippen LogP contribution in [0.4, 0.5) is 0 Å². The monoisotopic (exact) mass is 248 g/mol. The minimum Gasteiger partial charge on any atom is -1.00 e. The SMILES string of the molecule is S=c1[nH]nc(-c2cccs2)s1.[H-].[H-].[Na+].[Na+]. The van der Waals surface area contributed by atoms with Gasteiger partial charge in [-0.25, -0.2) is 0 Å². The van der Waals surface area contributed by atoms with Gasteiger partial charge >= 0.3 is 59.1 Å². The number of aromatic nitrogens is 2. The first-order valence-electron chi connectivity index (χ1n) is 2.95. The van der Waals surface area contributed by atoms with Gasteiger partial charge in [0.2, 0.25) is 0 Å². The number of nitrogens with zero attached hydrogens (tertiary/aromatic N) is 1. The van der Waals surface area contributed by atoms with Crippen molar-refractivity contribution in [2.75, 3.05) is 0 Å². The molecule has 0 radical (unpaired) electrons. The molecular weight excluding hydrogens is 242 g/mol. The van der Waals surface area contributed by atoms with Gasteiger partial charge in [0.25, 0.3) is 0 Å². The summed E-state index contributed by atoms with van der Waals surface area (Å²) in [4.78, 5) is 1.17. The molecule has 0 aromatic carbocycles. The van der Waals surface area contributed by atoms with Gasteiger partial charge in [0, 0.05) is 0 Å². The molecule has 0 atom stereocenters. The first-order valence-corrected chi connectivity index (χ1v) is 5.06. The maximum atomic E-state index is 4.91. The summed E-state index contributed by atoms with van der Waals surface area (Å²) in [5.41, 5.74) is 0. The van der Waals surface area contributed by atoms with Crippen molar-refractivity contribution in [1.29, 1.82) is 0 Å². The second-order valence-electron chi connectivity index (χ2n) is 1.90. The zero-order valence-electron chi connectivity index (χ0n) is 9.40. The first kappa shape index (κ1) is 14.5. The standard InChI is InChI=1S/C6H4N2S3.2Na.2H/c9-6-8-7-5(11-6)4-2-1-3-10-4;;;;/h1-3H,(H,8,9);;;;/q;2*+1;2*-1. The Hall–Kier alpha value is 1.48. The van der Waals surface area contributed by atoms with Crippen LogP contribution < -0.4 is 59.1 Å². The minimum absolute atomic E-state index is 0. The molecule has 60 valence electrons. The fourth-order valence-electron chi connectivity index (χ4n) is 0.736. The third-order valence-electron chi connectivity index (χ3n) is 1.17. The van der Waals surface area contributed by atoms with Gasteiger partial charge in [0.05, 0.1) is 4.88 Å². The summed E-state index contributed by atoms with van der Waals surface area (Å²) in [5.74, 6) is 0. The minimum atomic E-state index is 0. The molecular formula is C6H6N2Na2S3. The summed E-state index contributed by atoms with van der Waals surface area (Å²) in [6.07, 6.45) is 0. The number of aromatic amines is 1. The Morgan fingerprint density at radius 3 is 2.69 bits per heavy atom. The van der Waals surface area contributed by atoms with Crippen LogP contribution in [0.3, 0.4) is 0 Å². The molecule has 0 saturated carbocycles. The number of H-pyrrole nitrogens is 1. The molecule has 1 N–H and O–H groups in total. The predicted octanol–water partition coefficient (Wildman–Crippen LogP) is -2.84. The second-order valence-corrected chi connectivity index (χ2v) is 4.51. The van der Waals surface area contributed by atoms with E-state index in [2.05, 4.69) is 10.2 Å². The topological polar surface area (TPSA) is 28.7 Å². The van der Waals surface area contributed by atoms with Gasteiger partial charge in [-0.2, -0.15) is 5.10 Å². The summed E-state index contributed by atoms with van der Waals surface area (Å²) in [6.45, 7) is 0. The van der Waals surface area contributed by atoms with Gasteiger partial charge in [-0.05, 0) is 23.7 Å². The van der Waals surface area contributed by atoms with E-state index in [1.807, 2.05) is 17.5 Å². The van der Waals surface area contributed by atoms with Gasteiger partial charge in [-0.15, -0.1) is 11.3 Å². The largest absolute Gasteiger partial charge is 1.00 e. The van der Waals surface area contributed by atoms with Crippen LogP contribution in [0.2, 0.25) is 0 Å². The molecule has 0 aliphatic heterocycles. The molecule has 2 rings (SSSR count). The molecule has 0 aliphatic rings. The molecule has 0 unspecified atom stereocenters. The van der Waals surface area contributed by atoms with E-state index < -0.39 is 0 Å². The van der Waals surface area contributed by atoms with Crippen LogP contribution in [0, 0.1) is 3.95 Å². The van der Waals surface area contributed by atoms with E-state index in [9.17, 15) is 0 Å². The average molecular weight is 248 g/mol. The Balaban J connectivity index is -0.000000360. The van der Waals surface area contributed by atoms with Crippen LogP contribution >= 0.6 is 34.9 Å². The zero-order valence-corrected chi connectivity index (χ0v) is 13.9. The van der Waals surface area contributed by atoms with Crippen LogP contribution in [0.5, 0.6) is 0 Å². The third-order valence-corrected chi connectivity index (χ3v) is 3.30. The van der Waals surface area contributed by atoms with E-state index >= 15 is 0 Å². The van der Waals surface area contributed by atoms with Crippen molar-refractivity contribution in [3.8, 4) is 9.88 Å². The number of hydrogen-bond donors (Lipinski definition) is 1. The number of rotatable bonds is 1. The Kier molecular flexibility index (Phi) is 7.65. The average Bonchev–Trinajstić information content (AvgIpc) is 2.55. The van der Waals surface area contributed by atoms with Gasteiger partial charge < -0.3 is 2.85 Å². The molecule has 2 aromatic rings. The van der Waals surface area contributed by atoms with Crippen molar-refractivity contribution in [3.05, 3.63) is 21.5 Å². The molecule has 0 aliphatic carbocycles. The number of thiophene rings is 1.